The number of aliphatic hydroxyl groups excluding tert-OH is 2. The maximum atomic E-state index is 12.6. The summed E-state index contributed by atoms with van der Waals surface area (Å²) in [7, 11) is 0. The lowest BCUT2D eigenvalue weighted by molar-refractivity contribution is -0.137. The van der Waals surface area contributed by atoms with E-state index in [1.807, 2.05) is 0 Å². The van der Waals surface area contributed by atoms with Gasteiger partial charge in [-0.2, -0.15) is 13.2 Å². The van der Waals surface area contributed by atoms with Gasteiger partial charge >= 0.3 is 6.18 Å². The Labute approximate surface area is 119 Å². The lowest BCUT2D eigenvalue weighted by Crippen LogP contribution is -2.33. The smallest absolute Gasteiger partial charge is 0.396 e. The molecule has 3 N–H and O–H groups in total. The van der Waals surface area contributed by atoms with Gasteiger partial charge in [0.25, 0.3) is 5.91 Å². The monoisotopic (exact) mass is 303 g/mol. The van der Waals surface area contributed by atoms with Gasteiger partial charge in [0.2, 0.25) is 0 Å². The summed E-state index contributed by atoms with van der Waals surface area (Å²) in [5, 5.41) is 21.3. The Hall–Kier alpha value is -1.60. The van der Waals surface area contributed by atoms with E-state index in [1.165, 1.54) is 12.1 Å². The highest BCUT2D eigenvalue weighted by Crippen LogP contribution is 2.30. The molecule has 1 amide bonds. The number of hydrogen-bond acceptors (Lipinski definition) is 3. The second kappa shape index (κ2) is 6.03. The first-order valence-electron chi connectivity index (χ1n) is 6.58. The van der Waals surface area contributed by atoms with Crippen LogP contribution in [-0.2, 0) is 6.18 Å². The van der Waals surface area contributed by atoms with Gasteiger partial charge in [0.15, 0.2) is 0 Å². The van der Waals surface area contributed by atoms with Gasteiger partial charge in [0.05, 0.1) is 11.7 Å². The Morgan fingerprint density at radius 2 is 2.05 bits per heavy atom. The first kappa shape index (κ1) is 15.8. The number of carbonyl (C=O) groups is 1. The average Bonchev–Trinajstić information content (AvgIpc) is 2.78. The Bertz CT molecular complexity index is 518. The zero-order valence-corrected chi connectivity index (χ0v) is 11.1. The summed E-state index contributed by atoms with van der Waals surface area (Å²) in [4.78, 5) is 12.0. The zero-order chi connectivity index (χ0) is 15.6. The standard InChI is InChI=1S/C14H16F3NO3/c15-14(16,17)10-3-1-2-8(4-10)13(21)18-11-5-9(7-19)12(20)6-11/h1-4,9,11-12,19-20H,5-7H2,(H,18,21)/t9-,11+,12+/m1/s1. The Kier molecular flexibility index (Phi) is 4.53. The number of alkyl halides is 3. The minimum Gasteiger partial charge on any atom is -0.396 e. The normalized spacial score (nSPS) is 25.9. The number of aliphatic hydroxyl groups is 2. The van der Waals surface area contributed by atoms with Crippen LogP contribution in [-0.4, -0.2) is 34.9 Å². The second-order valence-electron chi connectivity index (χ2n) is 5.23. The van der Waals surface area contributed by atoms with Crippen molar-refractivity contribution < 1.29 is 28.2 Å². The number of halogens is 3. The van der Waals surface area contributed by atoms with E-state index in [1.54, 1.807) is 0 Å². The van der Waals surface area contributed by atoms with Crippen LogP contribution in [0.4, 0.5) is 13.2 Å². The molecule has 1 aliphatic rings. The number of benzene rings is 1. The Morgan fingerprint density at radius 1 is 1.33 bits per heavy atom. The molecule has 0 saturated heterocycles. The van der Waals surface area contributed by atoms with Crippen molar-refractivity contribution in [3.63, 3.8) is 0 Å². The molecule has 7 heteroatoms. The molecule has 1 fully saturated rings. The quantitative estimate of drug-likeness (QED) is 0.794. The van der Waals surface area contributed by atoms with Crippen molar-refractivity contribution >= 4 is 5.91 Å². The highest BCUT2D eigenvalue weighted by molar-refractivity contribution is 5.94. The number of carbonyl (C=O) groups excluding carboxylic acids is 1. The lowest BCUT2D eigenvalue weighted by Gasteiger charge is -2.13. The summed E-state index contributed by atoms with van der Waals surface area (Å²) < 4.78 is 37.8. The van der Waals surface area contributed by atoms with Crippen LogP contribution in [0.5, 0.6) is 0 Å². The van der Waals surface area contributed by atoms with Crippen molar-refractivity contribution in [1.82, 2.24) is 5.32 Å². The molecule has 0 unspecified atom stereocenters. The number of rotatable bonds is 3. The molecule has 0 aliphatic heterocycles. The van der Waals surface area contributed by atoms with Gasteiger partial charge in [-0.05, 0) is 31.0 Å². The molecule has 1 saturated carbocycles. The van der Waals surface area contributed by atoms with Gasteiger partial charge in [0.1, 0.15) is 0 Å². The van der Waals surface area contributed by atoms with E-state index in [0.29, 0.717) is 6.42 Å². The molecular weight excluding hydrogens is 287 g/mol. The van der Waals surface area contributed by atoms with Gasteiger partial charge in [-0.1, -0.05) is 6.07 Å². The molecule has 2 rings (SSSR count). The number of amides is 1. The molecule has 3 atom stereocenters. The largest absolute Gasteiger partial charge is 0.416 e. The van der Waals surface area contributed by atoms with E-state index in [2.05, 4.69) is 5.32 Å². The van der Waals surface area contributed by atoms with Gasteiger partial charge in [0, 0.05) is 24.1 Å². The summed E-state index contributed by atoms with van der Waals surface area (Å²) >= 11 is 0. The SMILES string of the molecule is O=C(N[C@H]1C[C@H](CO)[C@@H](O)C1)c1cccc(C(F)(F)F)c1. The summed E-state index contributed by atoms with van der Waals surface area (Å²) in [6, 6.07) is 3.83. The molecule has 1 aliphatic carbocycles. The lowest BCUT2D eigenvalue weighted by atomic mass is 10.1. The van der Waals surface area contributed by atoms with Crippen molar-refractivity contribution in [3.8, 4) is 0 Å². The average molecular weight is 303 g/mol. The van der Waals surface area contributed by atoms with E-state index < -0.39 is 23.8 Å². The van der Waals surface area contributed by atoms with Crippen LogP contribution in [0.2, 0.25) is 0 Å². The minimum absolute atomic E-state index is 0.0771. The van der Waals surface area contributed by atoms with Crippen molar-refractivity contribution in [2.45, 2.75) is 31.2 Å². The molecule has 0 aromatic heterocycles. The third-order valence-corrected chi connectivity index (χ3v) is 3.68. The molecular formula is C14H16F3NO3. The van der Waals surface area contributed by atoms with Gasteiger partial charge in [-0.3, -0.25) is 4.79 Å². The van der Waals surface area contributed by atoms with Crippen molar-refractivity contribution in [1.29, 1.82) is 0 Å². The van der Waals surface area contributed by atoms with E-state index in [0.717, 1.165) is 12.1 Å². The molecule has 4 nitrogen and oxygen atoms in total. The molecule has 0 bridgehead atoms. The van der Waals surface area contributed by atoms with E-state index >= 15 is 0 Å². The molecule has 0 heterocycles. The van der Waals surface area contributed by atoms with Crippen LogP contribution in [0, 0.1) is 5.92 Å². The highest BCUT2D eigenvalue weighted by atomic mass is 19.4. The van der Waals surface area contributed by atoms with Crippen molar-refractivity contribution in [2.24, 2.45) is 5.92 Å². The summed E-state index contributed by atoms with van der Waals surface area (Å²) in [6.45, 7) is -0.183. The van der Waals surface area contributed by atoms with Crippen LogP contribution in [0.1, 0.15) is 28.8 Å². The zero-order valence-electron chi connectivity index (χ0n) is 11.1. The summed E-state index contributed by atoms with van der Waals surface area (Å²) in [5.41, 5.74) is -0.957. The first-order valence-corrected chi connectivity index (χ1v) is 6.58. The van der Waals surface area contributed by atoms with E-state index in [9.17, 15) is 23.1 Å². The predicted octanol–water partition coefficient (Wildman–Crippen LogP) is 1.57. The topological polar surface area (TPSA) is 69.6 Å². The summed E-state index contributed by atoms with van der Waals surface area (Å²) in [5.74, 6) is -0.923. The Morgan fingerprint density at radius 3 is 2.62 bits per heavy atom. The van der Waals surface area contributed by atoms with Crippen molar-refractivity contribution in [3.05, 3.63) is 35.4 Å². The predicted molar refractivity (Wildman–Crippen MR) is 68.5 cm³/mol. The third kappa shape index (κ3) is 3.74. The maximum Gasteiger partial charge on any atom is 0.416 e. The molecule has 21 heavy (non-hydrogen) atoms. The fourth-order valence-corrected chi connectivity index (χ4v) is 2.52. The molecule has 0 radical (unpaired) electrons. The van der Waals surface area contributed by atoms with E-state index in [4.69, 9.17) is 5.11 Å². The molecule has 1 aromatic rings. The molecule has 116 valence electrons. The van der Waals surface area contributed by atoms with Crippen LogP contribution < -0.4 is 5.32 Å². The van der Waals surface area contributed by atoms with Crippen LogP contribution in [0.3, 0.4) is 0 Å². The first-order chi connectivity index (χ1) is 9.81. The van der Waals surface area contributed by atoms with Gasteiger partial charge < -0.3 is 15.5 Å². The third-order valence-electron chi connectivity index (χ3n) is 3.68. The minimum atomic E-state index is -4.50. The highest BCUT2D eigenvalue weighted by Gasteiger charge is 2.34. The number of nitrogens with one attached hydrogen (secondary N) is 1. The fraction of sp³-hybridized carbons (Fsp3) is 0.500. The molecule has 1 aromatic carbocycles. The summed E-state index contributed by atoms with van der Waals surface area (Å²) in [6.07, 6.45) is -4.51. The van der Waals surface area contributed by atoms with Crippen molar-refractivity contribution in [2.75, 3.05) is 6.61 Å². The maximum absolute atomic E-state index is 12.6. The Balaban J connectivity index is 2.05. The molecule has 0 spiro atoms. The van der Waals surface area contributed by atoms with Crippen LogP contribution in [0.15, 0.2) is 24.3 Å². The van der Waals surface area contributed by atoms with Gasteiger partial charge in [-0.25, -0.2) is 0 Å². The second-order valence-corrected chi connectivity index (χ2v) is 5.23. The van der Waals surface area contributed by atoms with Crippen LogP contribution >= 0.6 is 0 Å². The van der Waals surface area contributed by atoms with E-state index in [-0.39, 0.29) is 30.6 Å². The number of hydrogen-bond donors (Lipinski definition) is 3. The van der Waals surface area contributed by atoms with Crippen LogP contribution in [0.25, 0.3) is 0 Å². The van der Waals surface area contributed by atoms with Gasteiger partial charge in [-0.15, -0.1) is 0 Å². The fourth-order valence-electron chi connectivity index (χ4n) is 2.52.